The number of hydrogen-bond donors (Lipinski definition) is 2. The van der Waals surface area contributed by atoms with Gasteiger partial charge in [0.1, 0.15) is 11.6 Å². The summed E-state index contributed by atoms with van der Waals surface area (Å²) in [5.74, 6) is -2.24. The Labute approximate surface area is 213 Å². The van der Waals surface area contributed by atoms with Gasteiger partial charge in [0.25, 0.3) is 0 Å². The van der Waals surface area contributed by atoms with Crippen LogP contribution in [0.25, 0.3) is 0 Å². The molecule has 36 heavy (non-hydrogen) atoms. The number of phosphoric ester groups is 1. The third-order valence-electron chi connectivity index (χ3n) is 4.91. The average molecular weight is 553 g/mol. The number of thioether (sulfide) groups is 1. The lowest BCUT2D eigenvalue weighted by atomic mass is 9.87. The Morgan fingerprint density at radius 3 is 2.31 bits per heavy atom. The van der Waals surface area contributed by atoms with Gasteiger partial charge in [-0.3, -0.25) is 42.3 Å². The zero-order valence-electron chi connectivity index (χ0n) is 20.8. The average Bonchev–Trinajstić information content (AvgIpc) is 2.81. The molecule has 1 saturated heterocycles. The first-order valence-corrected chi connectivity index (χ1v) is 13.6. The Hall–Kier alpha value is -2.12. The smallest absolute Gasteiger partial charge is 0.469 e. The number of nitrogens with one attached hydrogen (secondary N) is 2. The molecule has 0 spiro atoms. The molecule has 1 aliphatic rings. The van der Waals surface area contributed by atoms with Crippen LogP contribution in [0.3, 0.4) is 0 Å². The molecule has 0 radical (unpaired) electrons. The van der Waals surface area contributed by atoms with Crippen LogP contribution in [0.4, 0.5) is 0 Å². The number of esters is 1. The first-order chi connectivity index (χ1) is 16.8. The molecule has 2 atom stereocenters. The van der Waals surface area contributed by atoms with Crippen molar-refractivity contribution in [3.63, 3.8) is 0 Å². The van der Waals surface area contributed by atoms with Crippen LogP contribution in [0.1, 0.15) is 46.0 Å². The van der Waals surface area contributed by atoms with Gasteiger partial charge >= 0.3 is 13.8 Å². The SMILES string of the molecule is COC(=O)CCC(=O)CC(=O)CC(=O)SCCNC(=O)CCNC(=O)[C@@H]1OP(=O)(OC)OCC1(C)C. The number of amides is 2. The lowest BCUT2D eigenvalue weighted by Gasteiger charge is -2.39. The van der Waals surface area contributed by atoms with Gasteiger partial charge in [0.2, 0.25) is 11.8 Å². The second kappa shape index (κ2) is 15.2. The normalized spacial score (nSPS) is 20.7. The van der Waals surface area contributed by atoms with E-state index in [-0.39, 0.29) is 50.6 Å². The van der Waals surface area contributed by atoms with E-state index in [4.69, 9.17) is 13.6 Å². The van der Waals surface area contributed by atoms with E-state index in [9.17, 15) is 33.3 Å². The predicted octanol–water partition coefficient (Wildman–Crippen LogP) is 0.936. The fourth-order valence-electron chi connectivity index (χ4n) is 2.88. The van der Waals surface area contributed by atoms with Gasteiger partial charge in [0.15, 0.2) is 11.2 Å². The number of ether oxygens (including phenoxy) is 1. The summed E-state index contributed by atoms with van der Waals surface area (Å²) >= 11 is 0.849. The highest BCUT2D eigenvalue weighted by Gasteiger charge is 2.48. The molecular formula is C21H33N2O11PS. The quantitative estimate of drug-likeness (QED) is 0.127. The molecule has 2 amide bonds. The van der Waals surface area contributed by atoms with E-state index in [1.807, 2.05) is 0 Å². The zero-order valence-corrected chi connectivity index (χ0v) is 22.5. The maximum atomic E-state index is 12.5. The highest BCUT2D eigenvalue weighted by atomic mass is 32.2. The van der Waals surface area contributed by atoms with E-state index in [2.05, 4.69) is 15.4 Å². The van der Waals surface area contributed by atoms with Crippen LogP contribution in [0.15, 0.2) is 0 Å². The van der Waals surface area contributed by atoms with Crippen molar-refractivity contribution < 1.29 is 51.6 Å². The minimum atomic E-state index is -3.81. The van der Waals surface area contributed by atoms with E-state index >= 15 is 0 Å². The lowest BCUT2D eigenvalue weighted by molar-refractivity contribution is -0.142. The molecule has 2 N–H and O–H groups in total. The Morgan fingerprint density at radius 2 is 1.67 bits per heavy atom. The number of methoxy groups -OCH3 is 1. The molecule has 15 heteroatoms. The molecule has 204 valence electrons. The van der Waals surface area contributed by atoms with Crippen molar-refractivity contribution in [3.8, 4) is 0 Å². The molecule has 0 aromatic carbocycles. The van der Waals surface area contributed by atoms with Gasteiger partial charge in [0, 0.05) is 44.2 Å². The monoisotopic (exact) mass is 552 g/mol. The molecule has 0 aromatic heterocycles. The van der Waals surface area contributed by atoms with E-state index in [0.717, 1.165) is 18.9 Å². The largest absolute Gasteiger partial charge is 0.475 e. The summed E-state index contributed by atoms with van der Waals surface area (Å²) in [5.41, 5.74) is -0.764. The molecule has 1 fully saturated rings. The number of phosphoric acid groups is 1. The van der Waals surface area contributed by atoms with Gasteiger partial charge < -0.3 is 15.4 Å². The van der Waals surface area contributed by atoms with E-state index in [1.54, 1.807) is 13.8 Å². The maximum Gasteiger partial charge on any atom is 0.475 e. The van der Waals surface area contributed by atoms with Crippen LogP contribution in [0.5, 0.6) is 0 Å². The minimum absolute atomic E-state index is 0.00330. The molecule has 1 unspecified atom stereocenters. The standard InChI is InChI=1S/C21H33N2O11PS/c1-21(2)13-33-35(30,32-4)34-19(21)20(29)23-8-7-16(26)22-9-10-36-18(28)12-15(25)11-14(24)5-6-17(27)31-3/h19H,5-13H2,1-4H3,(H,22,26)(H,23,29)/t19-,35?/m0/s1. The van der Waals surface area contributed by atoms with Crippen molar-refractivity contribution in [2.24, 2.45) is 5.41 Å². The van der Waals surface area contributed by atoms with E-state index < -0.39 is 60.7 Å². The number of carbonyl (C=O) groups excluding carboxylic acids is 6. The van der Waals surface area contributed by atoms with Crippen LogP contribution in [0, 0.1) is 5.41 Å². The van der Waals surface area contributed by atoms with Crippen molar-refractivity contribution in [2.75, 3.05) is 39.7 Å². The van der Waals surface area contributed by atoms with Crippen LogP contribution < -0.4 is 10.6 Å². The number of hydrogen-bond acceptors (Lipinski definition) is 12. The third-order valence-corrected chi connectivity index (χ3v) is 7.15. The second-order valence-corrected chi connectivity index (χ2v) is 11.4. The van der Waals surface area contributed by atoms with Gasteiger partial charge in [-0.2, -0.15) is 0 Å². The molecule has 0 bridgehead atoms. The van der Waals surface area contributed by atoms with Crippen LogP contribution >= 0.6 is 19.6 Å². The van der Waals surface area contributed by atoms with Gasteiger partial charge in [-0.05, 0) is 0 Å². The van der Waals surface area contributed by atoms with Crippen molar-refractivity contribution in [3.05, 3.63) is 0 Å². The predicted molar refractivity (Wildman–Crippen MR) is 128 cm³/mol. The van der Waals surface area contributed by atoms with E-state index in [0.29, 0.717) is 0 Å². The molecule has 0 saturated carbocycles. The first-order valence-electron chi connectivity index (χ1n) is 11.1. The fourth-order valence-corrected chi connectivity index (χ4v) is 4.96. The van der Waals surface area contributed by atoms with Gasteiger partial charge in [-0.1, -0.05) is 25.6 Å². The molecule has 1 aliphatic heterocycles. The summed E-state index contributed by atoms with van der Waals surface area (Å²) in [4.78, 5) is 70.7. The lowest BCUT2D eigenvalue weighted by Crippen LogP contribution is -2.50. The molecule has 1 heterocycles. The highest BCUT2D eigenvalue weighted by molar-refractivity contribution is 8.13. The van der Waals surface area contributed by atoms with Crippen molar-refractivity contribution in [1.29, 1.82) is 0 Å². The fraction of sp³-hybridized carbons (Fsp3) is 0.714. The first kappa shape index (κ1) is 31.9. The van der Waals surface area contributed by atoms with Crippen molar-refractivity contribution in [2.45, 2.75) is 52.1 Å². The van der Waals surface area contributed by atoms with Crippen molar-refractivity contribution in [1.82, 2.24) is 10.6 Å². The number of Topliss-reactive ketones (excluding diaryl/α,β-unsaturated/α-hetero) is 2. The maximum absolute atomic E-state index is 12.5. The molecular weight excluding hydrogens is 519 g/mol. The Kier molecular flexibility index (Phi) is 13.5. The molecule has 0 aromatic rings. The zero-order chi connectivity index (χ0) is 27.4. The third kappa shape index (κ3) is 11.7. The summed E-state index contributed by atoms with van der Waals surface area (Å²) in [7, 11) is -1.46. The summed E-state index contributed by atoms with van der Waals surface area (Å²) in [6.45, 7) is 3.56. The number of carbonyl (C=O) groups is 6. The second-order valence-electron chi connectivity index (χ2n) is 8.50. The van der Waals surface area contributed by atoms with E-state index in [1.165, 1.54) is 7.11 Å². The molecule has 1 rings (SSSR count). The van der Waals surface area contributed by atoms with Crippen molar-refractivity contribution >= 4 is 54.1 Å². The van der Waals surface area contributed by atoms with Gasteiger partial charge in [0.05, 0.1) is 33.0 Å². The number of ketones is 2. The highest BCUT2D eigenvalue weighted by Crippen LogP contribution is 2.56. The van der Waals surface area contributed by atoms with Crippen LogP contribution in [-0.4, -0.2) is 80.2 Å². The van der Waals surface area contributed by atoms with Gasteiger partial charge in [-0.25, -0.2) is 4.57 Å². The Morgan fingerprint density at radius 1 is 0.972 bits per heavy atom. The summed E-state index contributed by atoms with van der Waals surface area (Å²) in [6, 6.07) is 0. The number of rotatable bonds is 15. The molecule has 13 nitrogen and oxygen atoms in total. The summed E-state index contributed by atoms with van der Waals surface area (Å²) < 4.78 is 31.6. The van der Waals surface area contributed by atoms with Gasteiger partial charge in [-0.15, -0.1) is 0 Å². The topological polar surface area (TPSA) is 180 Å². The van der Waals surface area contributed by atoms with Crippen LogP contribution in [0.2, 0.25) is 0 Å². The summed E-state index contributed by atoms with van der Waals surface area (Å²) in [5, 5.41) is 4.71. The summed E-state index contributed by atoms with van der Waals surface area (Å²) in [6.07, 6.45) is -2.22. The Bertz CT molecular complexity index is 893. The molecule has 0 aliphatic carbocycles. The minimum Gasteiger partial charge on any atom is -0.469 e. The van der Waals surface area contributed by atoms with Crippen LogP contribution in [-0.2, 0) is 51.6 Å². The Balaban J connectivity index is 2.23.